The van der Waals surface area contributed by atoms with E-state index in [2.05, 4.69) is 46.5 Å². The molecular weight excluding hydrogens is 751 g/mol. The quantitative estimate of drug-likeness (QED) is 0.203. The van der Waals surface area contributed by atoms with Crippen LogP contribution < -0.4 is 10.7 Å². The zero-order valence-corrected chi connectivity index (χ0v) is 34.1. The van der Waals surface area contributed by atoms with Gasteiger partial charge in [0, 0.05) is 65.1 Å². The molecule has 2 amide bonds. The van der Waals surface area contributed by atoms with Crippen molar-refractivity contribution in [2.24, 2.45) is 29.1 Å². The lowest BCUT2D eigenvalue weighted by Gasteiger charge is -2.47. The number of thiazole rings is 1. The van der Waals surface area contributed by atoms with Crippen LogP contribution in [0.1, 0.15) is 82.7 Å². The number of carbonyl (C=O) groups is 3. The predicted octanol–water partition coefficient (Wildman–Crippen LogP) is 6.84. The molecule has 7 atom stereocenters. The molecule has 6 bridgehead atoms. The Morgan fingerprint density at radius 2 is 1.98 bits per heavy atom. The fourth-order valence-electron chi connectivity index (χ4n) is 9.64. The van der Waals surface area contributed by atoms with Crippen LogP contribution in [-0.2, 0) is 42.2 Å². The summed E-state index contributed by atoms with van der Waals surface area (Å²) in [7, 11) is 1.66. The number of esters is 1. The standard InChI is InChI=1S/C43H50F2N6O5S/c1-7-50-31-12-11-24-17-27(31)28(35(50)25-10-8-15-46-33(25)23(3)55-6)18-41(4,5)21-56-39(54)34-32-29(43(32,44)45)19-51(49-34)38(53)36(48-37(52)26-16-22(26)2)42(13-9-14-42)40-47-30(24)20-57-40/h8,10-12,15,17,20,22-23,26,29,32,34,36,49H,7,9,13-14,16,18-19,21H2,1-6H3,(H,48,52)/t22-,23-,26-,29-,32-,34-,36+/m0/s1. The number of nitrogens with one attached hydrogen (secondary N) is 2. The van der Waals surface area contributed by atoms with Crippen LogP contribution in [0.3, 0.4) is 0 Å². The number of pyridine rings is 1. The number of methoxy groups -OCH3 is 1. The summed E-state index contributed by atoms with van der Waals surface area (Å²) < 4.78 is 44.9. The van der Waals surface area contributed by atoms with Crippen molar-refractivity contribution < 1.29 is 32.6 Å². The van der Waals surface area contributed by atoms with Crippen LogP contribution in [0.5, 0.6) is 0 Å². The van der Waals surface area contributed by atoms with Crippen molar-refractivity contribution in [2.75, 3.05) is 20.3 Å². The first-order valence-electron chi connectivity index (χ1n) is 20.2. The molecule has 11 nitrogen and oxygen atoms in total. The molecule has 5 aliphatic rings. The van der Waals surface area contributed by atoms with E-state index < -0.39 is 52.5 Å². The number of halogens is 2. The first kappa shape index (κ1) is 38.3. The average molecular weight is 801 g/mol. The molecule has 3 saturated carbocycles. The van der Waals surface area contributed by atoms with Gasteiger partial charge in [0.1, 0.15) is 17.1 Å². The average Bonchev–Trinajstić information content (AvgIpc) is 3.88. The number of nitrogens with zero attached hydrogens (tertiary/aromatic N) is 4. The Kier molecular flexibility index (Phi) is 9.17. The summed E-state index contributed by atoms with van der Waals surface area (Å²) in [4.78, 5) is 52.3. The van der Waals surface area contributed by atoms with Crippen LogP contribution in [0.4, 0.5) is 8.78 Å². The van der Waals surface area contributed by atoms with E-state index in [0.29, 0.717) is 25.8 Å². The molecule has 1 saturated heterocycles. The molecule has 9 rings (SSSR count). The summed E-state index contributed by atoms with van der Waals surface area (Å²) in [6.07, 6.45) is 4.68. The monoisotopic (exact) mass is 800 g/mol. The van der Waals surface area contributed by atoms with Crippen molar-refractivity contribution in [1.82, 2.24) is 30.3 Å². The smallest absolute Gasteiger partial charge is 0.325 e. The Morgan fingerprint density at radius 3 is 2.67 bits per heavy atom. The van der Waals surface area contributed by atoms with Crippen LogP contribution >= 0.6 is 11.3 Å². The number of fused-ring (bicyclic) bond motifs is 9. The van der Waals surface area contributed by atoms with E-state index in [1.54, 1.807) is 13.3 Å². The summed E-state index contributed by atoms with van der Waals surface area (Å²) in [6, 6.07) is 7.85. The second-order valence-corrected chi connectivity index (χ2v) is 18.6. The number of cyclic esters (lactones) is 1. The number of hydrogen-bond donors (Lipinski definition) is 2. The SMILES string of the molecule is CCn1c(-c2cccnc2[C@H](C)OC)c2c3cc(ccc31)-c1csc(n1)C1(CCC1)[C@H](NC(=O)[C@H]1C[C@@H]1C)C(=O)N1C[C@H]3[C@@H]([C@H](N1)C(=O)OCC(C)(C)C2)C3(F)F. The number of aromatic nitrogens is 3. The number of hydrogen-bond acceptors (Lipinski definition) is 9. The van der Waals surface area contributed by atoms with E-state index in [9.17, 15) is 14.4 Å². The predicted molar refractivity (Wildman–Crippen MR) is 211 cm³/mol. The third-order valence-corrected chi connectivity index (χ3v) is 14.5. The van der Waals surface area contributed by atoms with Gasteiger partial charge in [-0.2, -0.15) is 0 Å². The Labute approximate surface area is 334 Å². The van der Waals surface area contributed by atoms with Gasteiger partial charge in [0.25, 0.3) is 11.8 Å². The number of ether oxygens (including phenoxy) is 2. The van der Waals surface area contributed by atoms with Crippen LogP contribution in [0.25, 0.3) is 33.4 Å². The maximum Gasteiger partial charge on any atom is 0.325 e. The molecule has 0 unspecified atom stereocenters. The van der Waals surface area contributed by atoms with Crippen molar-refractivity contribution in [3.05, 3.63) is 58.2 Å². The summed E-state index contributed by atoms with van der Waals surface area (Å²) in [6.45, 7) is 10.4. The number of benzene rings is 1. The largest absolute Gasteiger partial charge is 0.464 e. The zero-order valence-electron chi connectivity index (χ0n) is 33.2. The molecular formula is C43H50F2N6O5S. The van der Waals surface area contributed by atoms with Crippen molar-refractivity contribution in [2.45, 2.75) is 103 Å². The Morgan fingerprint density at radius 1 is 1.21 bits per heavy atom. The number of amides is 2. The summed E-state index contributed by atoms with van der Waals surface area (Å²) in [5, 5.41) is 7.99. The maximum absolute atomic E-state index is 15.5. The minimum atomic E-state index is -3.16. The molecule has 1 aromatic carbocycles. The van der Waals surface area contributed by atoms with Crippen molar-refractivity contribution in [1.29, 1.82) is 0 Å². The fraction of sp³-hybridized carbons (Fsp3) is 0.558. The van der Waals surface area contributed by atoms with Gasteiger partial charge in [-0.3, -0.25) is 24.4 Å². The normalized spacial score (nSPS) is 28.9. The van der Waals surface area contributed by atoms with Crippen LogP contribution in [-0.4, -0.2) is 75.6 Å². The van der Waals surface area contributed by atoms with E-state index in [1.807, 2.05) is 39.1 Å². The molecule has 2 aliphatic heterocycles. The molecule has 3 aliphatic carbocycles. The van der Waals surface area contributed by atoms with Gasteiger partial charge in [-0.1, -0.05) is 33.3 Å². The molecule has 4 fully saturated rings. The minimum Gasteiger partial charge on any atom is -0.464 e. The minimum absolute atomic E-state index is 0.0516. The van der Waals surface area contributed by atoms with Gasteiger partial charge in [0.15, 0.2) is 0 Å². The van der Waals surface area contributed by atoms with Gasteiger partial charge in [0.05, 0.1) is 47.0 Å². The highest BCUT2D eigenvalue weighted by molar-refractivity contribution is 7.10. The summed E-state index contributed by atoms with van der Waals surface area (Å²) in [5.74, 6) is -7.27. The molecule has 3 aromatic heterocycles. The first-order chi connectivity index (χ1) is 27.2. The van der Waals surface area contributed by atoms with Gasteiger partial charge < -0.3 is 19.4 Å². The van der Waals surface area contributed by atoms with Gasteiger partial charge >= 0.3 is 5.97 Å². The highest BCUT2D eigenvalue weighted by Crippen LogP contribution is 2.59. The number of aryl methyl sites for hydroxylation is 1. The molecule has 1 spiro atoms. The lowest BCUT2D eigenvalue weighted by Crippen LogP contribution is -2.66. The number of hydrazine groups is 1. The highest BCUT2D eigenvalue weighted by atomic mass is 32.1. The summed E-state index contributed by atoms with van der Waals surface area (Å²) in [5.41, 5.74) is 7.86. The third kappa shape index (κ3) is 6.19. The molecule has 2 N–H and O–H groups in total. The van der Waals surface area contributed by atoms with E-state index in [1.165, 1.54) is 11.3 Å². The first-order valence-corrected chi connectivity index (χ1v) is 21.1. The van der Waals surface area contributed by atoms with Crippen LogP contribution in [0, 0.1) is 29.1 Å². The van der Waals surface area contributed by atoms with Gasteiger partial charge in [-0.05, 0) is 75.3 Å². The second kappa shape index (κ2) is 13.7. The van der Waals surface area contributed by atoms with Gasteiger partial charge in [-0.25, -0.2) is 19.2 Å². The molecule has 14 heteroatoms. The lowest BCUT2D eigenvalue weighted by molar-refractivity contribution is -0.157. The second-order valence-electron chi connectivity index (χ2n) is 17.7. The van der Waals surface area contributed by atoms with Gasteiger partial charge in [0.2, 0.25) is 5.91 Å². The van der Waals surface area contributed by atoms with E-state index in [4.69, 9.17) is 19.4 Å². The van der Waals surface area contributed by atoms with Crippen LogP contribution in [0.15, 0.2) is 41.9 Å². The molecule has 5 heterocycles. The van der Waals surface area contributed by atoms with Crippen molar-refractivity contribution >= 4 is 40.0 Å². The van der Waals surface area contributed by atoms with Crippen molar-refractivity contribution in [3.8, 4) is 22.5 Å². The lowest BCUT2D eigenvalue weighted by atomic mass is 9.63. The maximum atomic E-state index is 15.5. The van der Waals surface area contributed by atoms with Gasteiger partial charge in [-0.15, -0.1) is 11.3 Å². The Bertz CT molecular complexity index is 2280. The highest BCUT2D eigenvalue weighted by Gasteiger charge is 2.75. The van der Waals surface area contributed by atoms with Crippen LogP contribution in [0.2, 0.25) is 0 Å². The number of rotatable bonds is 6. The van der Waals surface area contributed by atoms with Crippen molar-refractivity contribution in [3.63, 3.8) is 0 Å². The molecule has 4 aromatic rings. The molecule has 0 radical (unpaired) electrons. The van der Waals surface area contributed by atoms with E-state index >= 15 is 8.78 Å². The molecule has 57 heavy (non-hydrogen) atoms. The fourth-order valence-corrected chi connectivity index (χ4v) is 10.8. The number of alkyl halides is 2. The summed E-state index contributed by atoms with van der Waals surface area (Å²) >= 11 is 1.46. The van der Waals surface area contributed by atoms with E-state index in [-0.39, 0.29) is 37.0 Å². The number of carbonyl (C=O) groups excluding carboxylic acids is 3. The van der Waals surface area contributed by atoms with E-state index in [0.717, 1.165) is 67.5 Å². The Balaban J connectivity index is 1.22. The third-order valence-electron chi connectivity index (χ3n) is 13.4. The topological polar surface area (TPSA) is 128 Å². The Hall–Kier alpha value is -4.27. The zero-order chi connectivity index (χ0) is 40.2. The molecule has 302 valence electrons.